The third-order valence-electron chi connectivity index (χ3n) is 3.08. The highest BCUT2D eigenvalue weighted by Gasteiger charge is 2.19. The van der Waals surface area contributed by atoms with Crippen molar-refractivity contribution in [3.63, 3.8) is 0 Å². The highest BCUT2D eigenvalue weighted by atomic mass is 35.5. The lowest BCUT2D eigenvalue weighted by molar-refractivity contribution is 0.415. The lowest BCUT2D eigenvalue weighted by Crippen LogP contribution is -1.90. The largest absolute Gasteiger partial charge is 0.497 e. The number of hydrogen-bond donors (Lipinski definition) is 2. The number of halogens is 2. The second kappa shape index (κ2) is 5.60. The van der Waals surface area contributed by atoms with Gasteiger partial charge in [-0.1, -0.05) is 35.3 Å². The molecule has 3 N–H and O–H groups in total. The maximum absolute atomic E-state index is 6.23. The van der Waals surface area contributed by atoms with E-state index in [0.717, 1.165) is 28.1 Å². The molecule has 3 aromatic rings. The molecule has 0 bridgehead atoms. The molecule has 0 aliphatic rings. The molecule has 0 fully saturated rings. The standard InChI is InChI=1S/C14H11Cl2N3OS/c1-20-8-4-2-3-7(5-8)11-12(18-19-14(11)17)9-6-10(15)21-13(9)16/h2-6H,1H3,(H3,17,18,19). The van der Waals surface area contributed by atoms with Crippen LogP contribution in [0.1, 0.15) is 0 Å². The Morgan fingerprint density at radius 3 is 2.76 bits per heavy atom. The van der Waals surface area contributed by atoms with Crippen LogP contribution in [0.4, 0.5) is 5.82 Å². The Morgan fingerprint density at radius 1 is 1.29 bits per heavy atom. The quantitative estimate of drug-likeness (QED) is 0.726. The number of hydrogen-bond acceptors (Lipinski definition) is 4. The van der Waals surface area contributed by atoms with E-state index in [1.54, 1.807) is 13.2 Å². The maximum Gasteiger partial charge on any atom is 0.153 e. The predicted molar refractivity (Wildman–Crippen MR) is 88.3 cm³/mol. The summed E-state index contributed by atoms with van der Waals surface area (Å²) < 4.78 is 6.45. The van der Waals surface area contributed by atoms with Gasteiger partial charge in [-0.15, -0.1) is 11.3 Å². The van der Waals surface area contributed by atoms with Crippen molar-refractivity contribution in [2.24, 2.45) is 0 Å². The Hall–Kier alpha value is -1.69. The minimum absolute atomic E-state index is 0.400. The van der Waals surface area contributed by atoms with Gasteiger partial charge in [0, 0.05) is 5.56 Å². The maximum atomic E-state index is 6.23. The Morgan fingerprint density at radius 2 is 2.10 bits per heavy atom. The molecular formula is C14H11Cl2N3OS. The van der Waals surface area contributed by atoms with Gasteiger partial charge in [-0.25, -0.2) is 0 Å². The van der Waals surface area contributed by atoms with Gasteiger partial charge in [0.25, 0.3) is 0 Å². The average Bonchev–Trinajstić information content (AvgIpc) is 3.01. The Labute approximate surface area is 135 Å². The van der Waals surface area contributed by atoms with Crippen molar-refractivity contribution in [2.75, 3.05) is 12.8 Å². The van der Waals surface area contributed by atoms with E-state index in [1.807, 2.05) is 24.3 Å². The van der Waals surface area contributed by atoms with Crippen LogP contribution in [0.2, 0.25) is 8.67 Å². The molecule has 108 valence electrons. The molecule has 21 heavy (non-hydrogen) atoms. The summed E-state index contributed by atoms with van der Waals surface area (Å²) in [6, 6.07) is 9.40. The van der Waals surface area contributed by atoms with E-state index in [2.05, 4.69) is 10.2 Å². The van der Waals surface area contributed by atoms with Gasteiger partial charge in [0.15, 0.2) is 5.82 Å². The fourth-order valence-corrected chi connectivity index (χ4v) is 3.61. The zero-order valence-corrected chi connectivity index (χ0v) is 13.3. The van der Waals surface area contributed by atoms with Crippen LogP contribution >= 0.6 is 34.5 Å². The van der Waals surface area contributed by atoms with Gasteiger partial charge in [-0.3, -0.25) is 5.10 Å². The molecule has 0 atom stereocenters. The van der Waals surface area contributed by atoms with E-state index in [4.69, 9.17) is 33.7 Å². The molecule has 0 aliphatic heterocycles. The van der Waals surface area contributed by atoms with Gasteiger partial charge in [0.05, 0.1) is 22.7 Å². The molecule has 0 unspecified atom stereocenters. The van der Waals surface area contributed by atoms with E-state index in [9.17, 15) is 0 Å². The zero-order valence-electron chi connectivity index (χ0n) is 11.0. The molecule has 1 aromatic carbocycles. The van der Waals surface area contributed by atoms with Crippen LogP contribution in [0.25, 0.3) is 22.4 Å². The molecule has 0 aliphatic carbocycles. The van der Waals surface area contributed by atoms with Crippen LogP contribution in [0.3, 0.4) is 0 Å². The number of methoxy groups -OCH3 is 1. The fraction of sp³-hybridized carbons (Fsp3) is 0.0714. The number of rotatable bonds is 3. The normalized spacial score (nSPS) is 10.8. The molecule has 0 saturated carbocycles. The molecule has 0 amide bonds. The number of H-pyrrole nitrogens is 1. The van der Waals surface area contributed by atoms with Gasteiger partial charge in [-0.2, -0.15) is 5.10 Å². The Kier molecular flexibility index (Phi) is 3.80. The minimum atomic E-state index is 0.400. The van der Waals surface area contributed by atoms with Gasteiger partial charge in [-0.05, 0) is 23.8 Å². The first-order valence-corrected chi connectivity index (χ1v) is 7.61. The number of nitrogens with two attached hydrogens (primary N) is 1. The predicted octanol–water partition coefficient (Wildman–Crippen LogP) is 4.70. The van der Waals surface area contributed by atoms with Crippen LogP contribution in [-0.2, 0) is 0 Å². The molecule has 7 heteroatoms. The number of nitrogens with zero attached hydrogens (tertiary/aromatic N) is 1. The summed E-state index contributed by atoms with van der Waals surface area (Å²) in [6.07, 6.45) is 0. The smallest absolute Gasteiger partial charge is 0.153 e. The molecule has 0 radical (unpaired) electrons. The summed E-state index contributed by atoms with van der Waals surface area (Å²) in [4.78, 5) is 0. The van der Waals surface area contributed by atoms with E-state index in [-0.39, 0.29) is 0 Å². The fourth-order valence-electron chi connectivity index (χ4n) is 2.13. The Bertz CT molecular complexity index is 797. The van der Waals surface area contributed by atoms with Crippen molar-refractivity contribution in [1.82, 2.24) is 10.2 Å². The minimum Gasteiger partial charge on any atom is -0.497 e. The van der Waals surface area contributed by atoms with Crippen molar-refractivity contribution in [2.45, 2.75) is 0 Å². The first-order chi connectivity index (χ1) is 10.1. The summed E-state index contributed by atoms with van der Waals surface area (Å²) >= 11 is 13.5. The number of thiophene rings is 1. The first kappa shape index (κ1) is 14.3. The number of aromatic nitrogens is 2. The lowest BCUT2D eigenvalue weighted by atomic mass is 10.0. The van der Waals surface area contributed by atoms with Crippen LogP contribution in [-0.4, -0.2) is 17.3 Å². The van der Waals surface area contributed by atoms with Crippen molar-refractivity contribution in [3.05, 3.63) is 39.0 Å². The van der Waals surface area contributed by atoms with Crippen LogP contribution in [0, 0.1) is 0 Å². The number of ether oxygens (including phenoxy) is 1. The van der Waals surface area contributed by atoms with Gasteiger partial charge < -0.3 is 10.5 Å². The van der Waals surface area contributed by atoms with Gasteiger partial charge in [0.1, 0.15) is 10.1 Å². The number of anilines is 1. The monoisotopic (exact) mass is 339 g/mol. The molecule has 0 saturated heterocycles. The van der Waals surface area contributed by atoms with Crippen molar-refractivity contribution in [1.29, 1.82) is 0 Å². The third-order valence-corrected chi connectivity index (χ3v) is 4.57. The third kappa shape index (κ3) is 2.60. The van der Waals surface area contributed by atoms with Crippen molar-refractivity contribution in [3.8, 4) is 28.1 Å². The first-order valence-electron chi connectivity index (χ1n) is 6.03. The van der Waals surface area contributed by atoms with Gasteiger partial charge >= 0.3 is 0 Å². The summed E-state index contributed by atoms with van der Waals surface area (Å²) in [5.74, 6) is 1.14. The van der Waals surface area contributed by atoms with Crippen LogP contribution in [0.15, 0.2) is 30.3 Å². The van der Waals surface area contributed by atoms with E-state index < -0.39 is 0 Å². The molecule has 2 aromatic heterocycles. The lowest BCUT2D eigenvalue weighted by Gasteiger charge is -2.06. The molecule has 3 rings (SSSR count). The van der Waals surface area contributed by atoms with E-state index in [1.165, 1.54) is 11.3 Å². The summed E-state index contributed by atoms with van der Waals surface area (Å²) in [6.45, 7) is 0. The topological polar surface area (TPSA) is 63.9 Å². The second-order valence-corrected chi connectivity index (χ2v) is 6.61. The van der Waals surface area contributed by atoms with Gasteiger partial charge in [0.2, 0.25) is 0 Å². The summed E-state index contributed by atoms with van der Waals surface area (Å²) in [5, 5.41) is 7.02. The second-order valence-electron chi connectivity index (χ2n) is 4.33. The molecule has 2 heterocycles. The number of nitrogen functional groups attached to an aromatic ring is 1. The molecule has 0 spiro atoms. The highest BCUT2D eigenvalue weighted by Crippen LogP contribution is 2.43. The van der Waals surface area contributed by atoms with Crippen molar-refractivity contribution >= 4 is 40.4 Å². The molecule has 4 nitrogen and oxygen atoms in total. The number of aromatic amines is 1. The highest BCUT2D eigenvalue weighted by molar-refractivity contribution is 7.20. The average molecular weight is 340 g/mol. The molecular weight excluding hydrogens is 329 g/mol. The van der Waals surface area contributed by atoms with E-state index >= 15 is 0 Å². The van der Waals surface area contributed by atoms with Crippen LogP contribution in [0.5, 0.6) is 5.75 Å². The Balaban J connectivity index is 2.19. The summed E-state index contributed by atoms with van der Waals surface area (Å²) in [7, 11) is 1.62. The zero-order chi connectivity index (χ0) is 15.0. The van der Waals surface area contributed by atoms with Crippen molar-refractivity contribution < 1.29 is 4.74 Å². The SMILES string of the molecule is COc1cccc(-c2c(N)n[nH]c2-c2cc(Cl)sc2Cl)c1. The van der Waals surface area contributed by atoms with Crippen LogP contribution < -0.4 is 10.5 Å². The number of benzene rings is 1. The number of nitrogens with one attached hydrogen (secondary N) is 1. The summed E-state index contributed by atoms with van der Waals surface area (Å²) in [5.41, 5.74) is 9.21. The van der Waals surface area contributed by atoms with E-state index in [0.29, 0.717) is 14.5 Å².